The maximum atomic E-state index is 13.0. The molecule has 2 amide bonds. The predicted octanol–water partition coefficient (Wildman–Crippen LogP) is 1.66. The third-order valence-electron chi connectivity index (χ3n) is 4.60. The van der Waals surface area contributed by atoms with Crippen LogP contribution in [0.1, 0.15) is 48.8 Å². The average molecular weight is 329 g/mol. The molecule has 1 fully saturated rings. The summed E-state index contributed by atoms with van der Waals surface area (Å²) in [5.74, 6) is -0.434. The molecular weight excluding hydrogens is 306 g/mol. The van der Waals surface area contributed by atoms with Gasteiger partial charge in [-0.25, -0.2) is 9.67 Å². The summed E-state index contributed by atoms with van der Waals surface area (Å²) in [6.45, 7) is 7.05. The van der Waals surface area contributed by atoms with Gasteiger partial charge in [0.1, 0.15) is 0 Å². The SMILES string of the molecule is Cc1cc(C(=O)N2CCC(C(N)=O)CC2)c2cnn(C(C)C)c2n1. The summed E-state index contributed by atoms with van der Waals surface area (Å²) in [5, 5.41) is 5.16. The normalized spacial score (nSPS) is 16.1. The van der Waals surface area contributed by atoms with Gasteiger partial charge in [0.25, 0.3) is 5.91 Å². The van der Waals surface area contributed by atoms with Crippen LogP contribution in [0, 0.1) is 12.8 Å². The minimum absolute atomic E-state index is 0.0308. The molecule has 3 heterocycles. The standard InChI is InChI=1S/C17H23N5O2/c1-10(2)22-16-14(9-19-22)13(8-11(3)20-16)17(24)21-6-4-12(5-7-21)15(18)23/h8-10,12H,4-7H2,1-3H3,(H2,18,23). The van der Waals surface area contributed by atoms with Crippen LogP contribution in [0.4, 0.5) is 0 Å². The number of pyridine rings is 1. The van der Waals surface area contributed by atoms with E-state index in [2.05, 4.69) is 10.1 Å². The molecule has 0 aromatic carbocycles. The van der Waals surface area contributed by atoms with Gasteiger partial charge in [-0.3, -0.25) is 9.59 Å². The molecule has 0 spiro atoms. The highest BCUT2D eigenvalue weighted by atomic mass is 16.2. The highest BCUT2D eigenvalue weighted by Gasteiger charge is 2.28. The minimum Gasteiger partial charge on any atom is -0.369 e. The molecule has 7 heteroatoms. The van der Waals surface area contributed by atoms with Crippen molar-refractivity contribution in [2.24, 2.45) is 11.7 Å². The minimum atomic E-state index is -0.276. The summed E-state index contributed by atoms with van der Waals surface area (Å²) in [7, 11) is 0. The van der Waals surface area contributed by atoms with E-state index in [1.807, 2.05) is 31.5 Å². The molecule has 7 nitrogen and oxygen atoms in total. The van der Waals surface area contributed by atoms with Gasteiger partial charge in [0.2, 0.25) is 5.91 Å². The lowest BCUT2D eigenvalue weighted by Gasteiger charge is -2.30. The fourth-order valence-corrected chi connectivity index (χ4v) is 3.24. The van der Waals surface area contributed by atoms with Gasteiger partial charge in [0.05, 0.1) is 17.1 Å². The number of carbonyl (C=O) groups is 2. The van der Waals surface area contributed by atoms with E-state index in [1.54, 1.807) is 11.1 Å². The van der Waals surface area contributed by atoms with Crippen molar-refractivity contribution < 1.29 is 9.59 Å². The highest BCUT2D eigenvalue weighted by Crippen LogP contribution is 2.24. The molecule has 0 radical (unpaired) electrons. The summed E-state index contributed by atoms with van der Waals surface area (Å²) >= 11 is 0. The summed E-state index contributed by atoms with van der Waals surface area (Å²) in [5.41, 5.74) is 7.52. The fourth-order valence-electron chi connectivity index (χ4n) is 3.24. The van der Waals surface area contributed by atoms with Gasteiger partial charge < -0.3 is 10.6 Å². The Labute approximate surface area is 140 Å². The lowest BCUT2D eigenvalue weighted by Crippen LogP contribution is -2.41. The van der Waals surface area contributed by atoms with E-state index >= 15 is 0 Å². The summed E-state index contributed by atoms with van der Waals surface area (Å²) in [4.78, 5) is 30.6. The second-order valence-electron chi connectivity index (χ2n) is 6.70. The van der Waals surface area contributed by atoms with Crippen LogP contribution in [-0.4, -0.2) is 44.6 Å². The molecule has 1 aliphatic rings. The quantitative estimate of drug-likeness (QED) is 0.926. The second-order valence-corrected chi connectivity index (χ2v) is 6.70. The zero-order valence-electron chi connectivity index (χ0n) is 14.3. The summed E-state index contributed by atoms with van der Waals surface area (Å²) < 4.78 is 1.83. The van der Waals surface area contributed by atoms with E-state index in [4.69, 9.17) is 5.73 Å². The number of fused-ring (bicyclic) bond motifs is 1. The Morgan fingerprint density at radius 2 is 1.96 bits per heavy atom. The number of nitrogens with zero attached hydrogens (tertiary/aromatic N) is 4. The van der Waals surface area contributed by atoms with Crippen molar-refractivity contribution in [1.29, 1.82) is 0 Å². The number of piperidine rings is 1. The zero-order valence-corrected chi connectivity index (χ0v) is 14.3. The zero-order chi connectivity index (χ0) is 17.4. The smallest absolute Gasteiger partial charge is 0.254 e. The molecule has 3 rings (SSSR count). The molecular formula is C17H23N5O2. The topological polar surface area (TPSA) is 94.1 Å². The summed E-state index contributed by atoms with van der Waals surface area (Å²) in [6, 6.07) is 1.99. The third kappa shape index (κ3) is 2.86. The lowest BCUT2D eigenvalue weighted by molar-refractivity contribution is -0.123. The molecule has 1 saturated heterocycles. The molecule has 2 aromatic rings. The Balaban J connectivity index is 1.92. The first-order valence-corrected chi connectivity index (χ1v) is 8.32. The molecule has 0 bridgehead atoms. The van der Waals surface area contributed by atoms with Gasteiger partial charge in [0.15, 0.2) is 5.65 Å². The molecule has 2 aromatic heterocycles. The number of carbonyl (C=O) groups excluding carboxylic acids is 2. The van der Waals surface area contributed by atoms with E-state index < -0.39 is 0 Å². The predicted molar refractivity (Wildman–Crippen MR) is 90.5 cm³/mol. The van der Waals surface area contributed by atoms with Gasteiger partial charge in [0, 0.05) is 30.7 Å². The maximum absolute atomic E-state index is 13.0. The van der Waals surface area contributed by atoms with Crippen LogP contribution in [0.3, 0.4) is 0 Å². The van der Waals surface area contributed by atoms with E-state index in [0.29, 0.717) is 31.5 Å². The number of nitrogens with two attached hydrogens (primary N) is 1. The van der Waals surface area contributed by atoms with E-state index in [0.717, 1.165) is 16.7 Å². The first-order chi connectivity index (χ1) is 11.4. The number of hydrogen-bond acceptors (Lipinski definition) is 4. The lowest BCUT2D eigenvalue weighted by atomic mass is 9.95. The van der Waals surface area contributed by atoms with Crippen molar-refractivity contribution in [3.05, 3.63) is 23.5 Å². The van der Waals surface area contributed by atoms with Gasteiger partial charge in [-0.15, -0.1) is 0 Å². The van der Waals surface area contributed by atoms with Crippen molar-refractivity contribution >= 4 is 22.8 Å². The molecule has 0 saturated carbocycles. The molecule has 0 aliphatic carbocycles. The number of primary amides is 1. The molecule has 0 unspecified atom stereocenters. The van der Waals surface area contributed by atoms with E-state index in [9.17, 15) is 9.59 Å². The average Bonchev–Trinajstić information content (AvgIpc) is 2.97. The maximum Gasteiger partial charge on any atom is 0.254 e. The molecule has 24 heavy (non-hydrogen) atoms. The Kier molecular flexibility index (Phi) is 4.26. The fraction of sp³-hybridized carbons (Fsp3) is 0.529. The number of aromatic nitrogens is 3. The van der Waals surface area contributed by atoms with Gasteiger partial charge >= 0.3 is 0 Å². The first kappa shape index (κ1) is 16.4. The van der Waals surface area contributed by atoms with Crippen LogP contribution in [-0.2, 0) is 4.79 Å². The Bertz CT molecular complexity index is 788. The Morgan fingerprint density at radius 3 is 2.54 bits per heavy atom. The molecule has 0 atom stereocenters. The molecule has 128 valence electrons. The van der Waals surface area contributed by atoms with Gasteiger partial charge in [-0.05, 0) is 39.7 Å². The van der Waals surface area contributed by atoms with Crippen LogP contribution < -0.4 is 5.73 Å². The van der Waals surface area contributed by atoms with Gasteiger partial charge in [-0.2, -0.15) is 5.10 Å². The number of hydrogen-bond donors (Lipinski definition) is 1. The Hall–Kier alpha value is -2.44. The largest absolute Gasteiger partial charge is 0.369 e. The summed E-state index contributed by atoms with van der Waals surface area (Å²) in [6.07, 6.45) is 2.96. The third-order valence-corrected chi connectivity index (χ3v) is 4.60. The molecule has 1 aliphatic heterocycles. The monoisotopic (exact) mass is 329 g/mol. The number of rotatable bonds is 3. The highest BCUT2D eigenvalue weighted by molar-refractivity contribution is 6.05. The van der Waals surface area contributed by atoms with Crippen LogP contribution in [0.2, 0.25) is 0 Å². The first-order valence-electron chi connectivity index (χ1n) is 8.32. The van der Waals surface area contributed by atoms with E-state index in [1.165, 1.54) is 0 Å². The van der Waals surface area contributed by atoms with Crippen molar-refractivity contribution in [2.45, 2.75) is 39.7 Å². The van der Waals surface area contributed by atoms with Crippen LogP contribution in [0.5, 0.6) is 0 Å². The van der Waals surface area contributed by atoms with Crippen molar-refractivity contribution in [3.63, 3.8) is 0 Å². The number of aryl methyl sites for hydroxylation is 1. The van der Waals surface area contributed by atoms with Crippen LogP contribution in [0.25, 0.3) is 11.0 Å². The number of likely N-dealkylation sites (tertiary alicyclic amines) is 1. The van der Waals surface area contributed by atoms with Crippen molar-refractivity contribution in [2.75, 3.05) is 13.1 Å². The van der Waals surface area contributed by atoms with Crippen LogP contribution >= 0.6 is 0 Å². The van der Waals surface area contributed by atoms with E-state index in [-0.39, 0.29) is 23.8 Å². The van der Waals surface area contributed by atoms with Crippen LogP contribution in [0.15, 0.2) is 12.3 Å². The number of amides is 2. The Morgan fingerprint density at radius 1 is 1.29 bits per heavy atom. The second kappa shape index (κ2) is 6.22. The van der Waals surface area contributed by atoms with Crippen molar-refractivity contribution in [3.8, 4) is 0 Å². The molecule has 2 N–H and O–H groups in total. The van der Waals surface area contributed by atoms with Gasteiger partial charge in [-0.1, -0.05) is 0 Å². The van der Waals surface area contributed by atoms with Crippen molar-refractivity contribution in [1.82, 2.24) is 19.7 Å².